The van der Waals surface area contributed by atoms with Crippen molar-refractivity contribution in [3.8, 4) is 11.1 Å². The summed E-state index contributed by atoms with van der Waals surface area (Å²) in [5.41, 5.74) is 2.95. The van der Waals surface area contributed by atoms with Crippen LogP contribution in [0.25, 0.3) is 11.1 Å². The zero-order valence-electron chi connectivity index (χ0n) is 16.5. The number of benzene rings is 2. The van der Waals surface area contributed by atoms with Crippen LogP contribution >= 0.6 is 11.6 Å². The molecule has 0 radical (unpaired) electrons. The van der Waals surface area contributed by atoms with Crippen molar-refractivity contribution in [2.24, 2.45) is 0 Å². The van der Waals surface area contributed by atoms with Crippen LogP contribution in [0.15, 0.2) is 48.5 Å². The molecule has 0 amide bonds. The summed E-state index contributed by atoms with van der Waals surface area (Å²) in [6, 6.07) is 16.8. The molecule has 28 heavy (non-hydrogen) atoms. The van der Waals surface area contributed by atoms with Gasteiger partial charge in [-0.3, -0.25) is 0 Å². The molecule has 1 saturated heterocycles. The molecule has 4 heteroatoms. The highest BCUT2D eigenvalue weighted by Crippen LogP contribution is 2.41. The Morgan fingerprint density at radius 2 is 1.64 bits per heavy atom. The Morgan fingerprint density at radius 3 is 2.36 bits per heavy atom. The lowest BCUT2D eigenvalue weighted by atomic mass is 9.72. The minimum absolute atomic E-state index is 0.144. The van der Waals surface area contributed by atoms with Crippen molar-refractivity contribution in [2.75, 3.05) is 32.7 Å². The third-order valence-corrected chi connectivity index (χ3v) is 6.70. The van der Waals surface area contributed by atoms with Crippen molar-refractivity contribution in [2.45, 2.75) is 43.6 Å². The molecule has 2 N–H and O–H groups in total. The van der Waals surface area contributed by atoms with Crippen LogP contribution in [-0.2, 0) is 0 Å². The summed E-state index contributed by atoms with van der Waals surface area (Å²) in [5, 5.41) is 15.8. The fourth-order valence-electron chi connectivity index (χ4n) is 4.85. The van der Waals surface area contributed by atoms with Gasteiger partial charge in [0, 0.05) is 43.7 Å². The zero-order chi connectivity index (χ0) is 19.4. The van der Waals surface area contributed by atoms with E-state index in [0.717, 1.165) is 69.0 Å². The van der Waals surface area contributed by atoms with Gasteiger partial charge in [0.05, 0.1) is 5.60 Å². The second-order valence-electron chi connectivity index (χ2n) is 8.40. The number of nitrogens with zero attached hydrogens (tertiary/aromatic N) is 1. The summed E-state index contributed by atoms with van der Waals surface area (Å²) in [6.45, 7) is 5.11. The molecule has 0 spiro atoms. The predicted octanol–water partition coefficient (Wildman–Crippen LogP) is 4.69. The summed E-state index contributed by atoms with van der Waals surface area (Å²) in [6.07, 6.45) is 5.31. The molecule has 2 aromatic carbocycles. The highest BCUT2D eigenvalue weighted by atomic mass is 35.5. The van der Waals surface area contributed by atoms with E-state index >= 15 is 0 Å². The van der Waals surface area contributed by atoms with Gasteiger partial charge in [-0.2, -0.15) is 0 Å². The number of piperazine rings is 1. The molecule has 1 aliphatic carbocycles. The first kappa shape index (κ1) is 19.9. The molecular formula is C24H31ClN2O. The minimum atomic E-state index is -0.601. The van der Waals surface area contributed by atoms with E-state index in [1.807, 2.05) is 18.2 Å². The van der Waals surface area contributed by atoms with Crippen LogP contribution in [0.2, 0.25) is 5.02 Å². The number of hydrogen-bond acceptors (Lipinski definition) is 3. The first-order valence-electron chi connectivity index (χ1n) is 10.7. The molecule has 4 rings (SSSR count). The molecule has 1 aliphatic heterocycles. The number of aliphatic hydroxyl groups is 1. The quantitative estimate of drug-likeness (QED) is 0.766. The van der Waals surface area contributed by atoms with E-state index in [1.54, 1.807) is 0 Å². The van der Waals surface area contributed by atoms with E-state index in [0.29, 0.717) is 0 Å². The van der Waals surface area contributed by atoms with E-state index < -0.39 is 5.60 Å². The van der Waals surface area contributed by atoms with Gasteiger partial charge in [0.15, 0.2) is 0 Å². The first-order valence-corrected chi connectivity index (χ1v) is 11.0. The third kappa shape index (κ3) is 4.60. The average molecular weight is 399 g/mol. The van der Waals surface area contributed by atoms with Crippen LogP contribution in [-0.4, -0.2) is 48.3 Å². The van der Waals surface area contributed by atoms with Gasteiger partial charge in [0.2, 0.25) is 0 Å². The lowest BCUT2D eigenvalue weighted by molar-refractivity contribution is -0.0316. The fourth-order valence-corrected chi connectivity index (χ4v) is 5.04. The number of hydrogen-bond donors (Lipinski definition) is 2. The summed E-state index contributed by atoms with van der Waals surface area (Å²) in [7, 11) is 0. The molecule has 3 nitrogen and oxygen atoms in total. The van der Waals surface area contributed by atoms with Crippen LogP contribution in [0.4, 0.5) is 0 Å². The molecule has 1 saturated carbocycles. The second-order valence-corrected chi connectivity index (χ2v) is 8.84. The molecule has 1 unspecified atom stereocenters. The van der Waals surface area contributed by atoms with E-state index in [-0.39, 0.29) is 5.92 Å². The Labute approximate surface area is 173 Å². The topological polar surface area (TPSA) is 35.5 Å². The van der Waals surface area contributed by atoms with Crippen molar-refractivity contribution in [1.29, 1.82) is 0 Å². The predicted molar refractivity (Wildman–Crippen MR) is 117 cm³/mol. The first-order chi connectivity index (χ1) is 13.6. The van der Waals surface area contributed by atoms with Crippen molar-refractivity contribution in [1.82, 2.24) is 10.2 Å². The second kappa shape index (κ2) is 8.96. The van der Waals surface area contributed by atoms with Gasteiger partial charge in [-0.25, -0.2) is 0 Å². The smallest absolute Gasteiger partial charge is 0.0728 e. The molecule has 2 aliphatic rings. The maximum atomic E-state index is 11.7. The zero-order valence-corrected chi connectivity index (χ0v) is 17.3. The Bertz CT molecular complexity index is 782. The van der Waals surface area contributed by atoms with Gasteiger partial charge in [-0.05, 0) is 41.7 Å². The van der Waals surface area contributed by atoms with Gasteiger partial charge in [0.25, 0.3) is 0 Å². The number of halogens is 1. The molecule has 0 aromatic heterocycles. The standard InChI is InChI=1S/C24H31ClN2O/c25-22-9-5-7-20(17-22)19-6-4-8-21(16-19)23(18-27-14-12-26-13-15-27)24(28)10-2-1-3-11-24/h4-9,16-17,23,26,28H,1-3,10-15,18H2. The van der Waals surface area contributed by atoms with Crippen molar-refractivity contribution in [3.63, 3.8) is 0 Å². The molecule has 2 aromatic rings. The maximum absolute atomic E-state index is 11.7. The summed E-state index contributed by atoms with van der Waals surface area (Å²) in [5.74, 6) is 0.144. The molecular weight excluding hydrogens is 368 g/mol. The minimum Gasteiger partial charge on any atom is -0.389 e. The van der Waals surface area contributed by atoms with Gasteiger partial charge in [0.1, 0.15) is 0 Å². The lowest BCUT2D eigenvalue weighted by Gasteiger charge is -2.42. The van der Waals surface area contributed by atoms with Gasteiger partial charge < -0.3 is 15.3 Å². The molecule has 0 bridgehead atoms. The highest BCUT2D eigenvalue weighted by molar-refractivity contribution is 6.30. The van der Waals surface area contributed by atoms with Crippen molar-refractivity contribution in [3.05, 3.63) is 59.1 Å². The Balaban J connectivity index is 1.66. The van der Waals surface area contributed by atoms with Crippen LogP contribution in [0, 0.1) is 0 Å². The molecule has 2 fully saturated rings. The van der Waals surface area contributed by atoms with Gasteiger partial charge >= 0.3 is 0 Å². The normalized spacial score (nSPS) is 21.4. The van der Waals surface area contributed by atoms with E-state index in [9.17, 15) is 5.11 Å². The fraction of sp³-hybridized carbons (Fsp3) is 0.500. The van der Waals surface area contributed by atoms with E-state index in [1.165, 1.54) is 17.5 Å². The summed E-state index contributed by atoms with van der Waals surface area (Å²) < 4.78 is 0. The average Bonchev–Trinajstić information content (AvgIpc) is 2.73. The van der Waals surface area contributed by atoms with Crippen LogP contribution in [0.3, 0.4) is 0 Å². The molecule has 1 heterocycles. The highest BCUT2D eigenvalue weighted by Gasteiger charge is 2.39. The van der Waals surface area contributed by atoms with E-state index in [4.69, 9.17) is 11.6 Å². The SMILES string of the molecule is OC1(C(CN2CCNCC2)c2cccc(-c3cccc(Cl)c3)c2)CCCCC1. The van der Waals surface area contributed by atoms with Crippen LogP contribution in [0.5, 0.6) is 0 Å². The van der Waals surface area contributed by atoms with Crippen molar-refractivity contribution < 1.29 is 5.11 Å². The number of rotatable bonds is 5. The van der Waals surface area contributed by atoms with Crippen LogP contribution < -0.4 is 5.32 Å². The third-order valence-electron chi connectivity index (χ3n) is 6.47. The monoisotopic (exact) mass is 398 g/mol. The Hall–Kier alpha value is -1.39. The van der Waals surface area contributed by atoms with Gasteiger partial charge in [-0.15, -0.1) is 0 Å². The number of nitrogens with one attached hydrogen (secondary N) is 1. The summed E-state index contributed by atoms with van der Waals surface area (Å²) >= 11 is 6.22. The lowest BCUT2D eigenvalue weighted by Crippen LogP contribution is -2.49. The van der Waals surface area contributed by atoms with Crippen molar-refractivity contribution >= 4 is 11.6 Å². The largest absolute Gasteiger partial charge is 0.389 e. The molecule has 1 atom stereocenters. The summed E-state index contributed by atoms with van der Waals surface area (Å²) in [4.78, 5) is 2.51. The molecule has 150 valence electrons. The maximum Gasteiger partial charge on any atom is 0.0728 e. The van der Waals surface area contributed by atoms with E-state index in [2.05, 4.69) is 40.5 Å². The van der Waals surface area contributed by atoms with Crippen LogP contribution in [0.1, 0.15) is 43.6 Å². The van der Waals surface area contributed by atoms with Gasteiger partial charge in [-0.1, -0.05) is 67.3 Å². The Kier molecular flexibility index (Phi) is 6.37. The Morgan fingerprint density at radius 1 is 0.964 bits per heavy atom.